The molecular weight excluding hydrogens is 524 g/mol. The highest BCUT2D eigenvalue weighted by Crippen LogP contribution is 2.19. The lowest BCUT2D eigenvalue weighted by Gasteiger charge is -2.18. The number of aromatic nitrogens is 1. The number of nitrogens with zero attached hydrogens (tertiary/aromatic N) is 1. The smallest absolute Gasteiger partial charge is 0.333 e. The summed E-state index contributed by atoms with van der Waals surface area (Å²) in [6.07, 6.45) is 5.91. The van der Waals surface area contributed by atoms with Gasteiger partial charge in [0, 0.05) is 55.7 Å². The summed E-state index contributed by atoms with van der Waals surface area (Å²) in [5.41, 5.74) is 3.08. The van der Waals surface area contributed by atoms with Gasteiger partial charge >= 0.3 is 5.97 Å². The number of aryl methyl sites for hydroxylation is 1. The largest absolute Gasteiger partial charge is 0.361 e. The van der Waals surface area contributed by atoms with Gasteiger partial charge in [0.25, 0.3) is 11.8 Å². The van der Waals surface area contributed by atoms with Crippen LogP contribution in [-0.2, 0) is 41.7 Å². The maximum Gasteiger partial charge on any atom is 0.333 e. The van der Waals surface area contributed by atoms with Gasteiger partial charge in [-0.2, -0.15) is 0 Å². The SMILES string of the molecule is O=C(CCCc1ccccc1)N[C@@H](Cc1c[nH]c2ccccc12)C(=O)NCCCCCC(=O)ON1C(=O)CCC1=O. The molecule has 1 atom stereocenters. The summed E-state index contributed by atoms with van der Waals surface area (Å²) >= 11 is 0. The summed E-state index contributed by atoms with van der Waals surface area (Å²) in [4.78, 5) is 69.1. The molecule has 4 rings (SSSR count). The van der Waals surface area contributed by atoms with Gasteiger partial charge in [0.05, 0.1) is 0 Å². The van der Waals surface area contributed by atoms with Crippen LogP contribution in [0.25, 0.3) is 10.9 Å². The monoisotopic (exact) mass is 560 g/mol. The van der Waals surface area contributed by atoms with E-state index in [0.29, 0.717) is 50.1 Å². The fourth-order valence-corrected chi connectivity index (χ4v) is 4.81. The third kappa shape index (κ3) is 8.76. The van der Waals surface area contributed by atoms with Crippen molar-refractivity contribution >= 4 is 40.5 Å². The lowest BCUT2D eigenvalue weighted by atomic mass is 10.0. The molecular formula is C31H36N4O6. The second kappa shape index (κ2) is 14.8. The predicted octanol–water partition coefficient (Wildman–Crippen LogP) is 3.50. The molecule has 1 saturated heterocycles. The van der Waals surface area contributed by atoms with Gasteiger partial charge in [0.2, 0.25) is 11.8 Å². The Morgan fingerprint density at radius 2 is 1.61 bits per heavy atom. The van der Waals surface area contributed by atoms with Crippen molar-refractivity contribution in [3.05, 3.63) is 71.9 Å². The molecule has 41 heavy (non-hydrogen) atoms. The molecule has 2 heterocycles. The summed E-state index contributed by atoms with van der Waals surface area (Å²) in [6.45, 7) is 0.380. The zero-order valence-electron chi connectivity index (χ0n) is 23.0. The Morgan fingerprint density at radius 3 is 2.39 bits per heavy atom. The maximum atomic E-state index is 13.2. The van der Waals surface area contributed by atoms with Crippen molar-refractivity contribution in [2.75, 3.05) is 6.54 Å². The molecule has 3 N–H and O–H groups in total. The van der Waals surface area contributed by atoms with Crippen LogP contribution in [0.1, 0.15) is 62.5 Å². The van der Waals surface area contributed by atoms with Gasteiger partial charge in [-0.15, -0.1) is 5.06 Å². The fraction of sp³-hybridized carbons (Fsp3) is 0.387. The highest BCUT2D eigenvalue weighted by Gasteiger charge is 2.32. The summed E-state index contributed by atoms with van der Waals surface area (Å²) < 4.78 is 0. The summed E-state index contributed by atoms with van der Waals surface area (Å²) in [7, 11) is 0. The number of carbonyl (C=O) groups is 5. The van der Waals surface area contributed by atoms with Gasteiger partial charge in [-0.3, -0.25) is 19.2 Å². The first kappa shape index (κ1) is 29.5. The highest BCUT2D eigenvalue weighted by atomic mass is 16.7. The molecule has 1 aromatic heterocycles. The number of hydroxylamine groups is 2. The molecule has 1 aliphatic heterocycles. The zero-order chi connectivity index (χ0) is 29.0. The third-order valence-electron chi connectivity index (χ3n) is 7.02. The molecule has 0 saturated carbocycles. The molecule has 1 aliphatic rings. The van der Waals surface area contributed by atoms with Crippen molar-refractivity contribution in [2.45, 2.75) is 70.3 Å². The molecule has 3 aromatic rings. The first-order valence-electron chi connectivity index (χ1n) is 14.1. The van der Waals surface area contributed by atoms with Crippen LogP contribution in [0.3, 0.4) is 0 Å². The van der Waals surface area contributed by atoms with E-state index in [4.69, 9.17) is 4.84 Å². The second-order valence-corrected chi connectivity index (χ2v) is 10.2. The molecule has 1 fully saturated rings. The number of benzene rings is 2. The Kier molecular flexibility index (Phi) is 10.6. The quantitative estimate of drug-likeness (QED) is 0.192. The number of amides is 4. The Labute approximate surface area is 238 Å². The minimum Gasteiger partial charge on any atom is -0.361 e. The van der Waals surface area contributed by atoms with E-state index in [9.17, 15) is 24.0 Å². The van der Waals surface area contributed by atoms with Crippen molar-refractivity contribution in [1.29, 1.82) is 0 Å². The van der Waals surface area contributed by atoms with Crippen molar-refractivity contribution in [2.24, 2.45) is 0 Å². The number of aromatic amines is 1. The minimum absolute atomic E-state index is 0.0568. The summed E-state index contributed by atoms with van der Waals surface area (Å²) in [5, 5.41) is 7.40. The minimum atomic E-state index is -0.732. The Bertz CT molecular complexity index is 1350. The summed E-state index contributed by atoms with van der Waals surface area (Å²) in [5.74, 6) is -2.08. The number of hydrogen-bond donors (Lipinski definition) is 3. The third-order valence-corrected chi connectivity index (χ3v) is 7.02. The molecule has 0 bridgehead atoms. The average molecular weight is 561 g/mol. The molecule has 4 amide bonds. The summed E-state index contributed by atoms with van der Waals surface area (Å²) in [6, 6.07) is 17.1. The Hall–Kier alpha value is -4.47. The average Bonchev–Trinajstić information content (AvgIpc) is 3.53. The number of carbonyl (C=O) groups excluding carboxylic acids is 5. The molecule has 10 heteroatoms. The highest BCUT2D eigenvalue weighted by molar-refractivity contribution is 6.01. The van der Waals surface area contributed by atoms with E-state index < -0.39 is 23.8 Å². The number of nitrogens with one attached hydrogen (secondary N) is 3. The van der Waals surface area contributed by atoms with Crippen molar-refractivity contribution in [3.8, 4) is 0 Å². The van der Waals surface area contributed by atoms with E-state index >= 15 is 0 Å². The number of rotatable bonds is 15. The number of imide groups is 1. The van der Waals surface area contributed by atoms with Crippen LogP contribution in [0.2, 0.25) is 0 Å². The molecule has 0 radical (unpaired) electrons. The van der Waals surface area contributed by atoms with E-state index in [2.05, 4.69) is 15.6 Å². The van der Waals surface area contributed by atoms with Gasteiger partial charge in [0.1, 0.15) is 6.04 Å². The van der Waals surface area contributed by atoms with Crippen molar-refractivity contribution < 1.29 is 28.8 Å². The van der Waals surface area contributed by atoms with E-state index in [0.717, 1.165) is 22.9 Å². The van der Waals surface area contributed by atoms with Crippen LogP contribution in [0, 0.1) is 0 Å². The molecule has 2 aromatic carbocycles. The number of unbranched alkanes of at least 4 members (excludes halogenated alkanes) is 2. The van der Waals surface area contributed by atoms with Crippen LogP contribution < -0.4 is 10.6 Å². The van der Waals surface area contributed by atoms with Gasteiger partial charge in [-0.05, 0) is 42.9 Å². The van der Waals surface area contributed by atoms with Crippen LogP contribution in [0.4, 0.5) is 0 Å². The van der Waals surface area contributed by atoms with Gasteiger partial charge < -0.3 is 20.5 Å². The predicted molar refractivity (Wildman–Crippen MR) is 152 cm³/mol. The Balaban J connectivity index is 1.23. The van der Waals surface area contributed by atoms with Crippen molar-refractivity contribution in [1.82, 2.24) is 20.7 Å². The number of para-hydroxylation sites is 1. The van der Waals surface area contributed by atoms with Crippen LogP contribution >= 0.6 is 0 Å². The molecule has 0 aliphatic carbocycles. The standard InChI is InChI=1S/C31H36N4O6/c36-27(15-9-12-22-10-3-1-4-11-22)34-26(20-23-21-33-25-14-7-6-13-24(23)25)31(40)32-19-8-2-5-16-30(39)41-35-28(37)17-18-29(35)38/h1,3-4,6-7,10-11,13-14,21,26,33H,2,5,8-9,12,15-20H2,(H,32,40)(H,34,36)/t26-/m0/s1. The Morgan fingerprint density at radius 1 is 0.878 bits per heavy atom. The van der Waals surface area contributed by atoms with Gasteiger partial charge in [-0.25, -0.2) is 4.79 Å². The topological polar surface area (TPSA) is 138 Å². The van der Waals surface area contributed by atoms with Crippen LogP contribution in [0.15, 0.2) is 60.8 Å². The van der Waals surface area contributed by atoms with E-state index in [-0.39, 0.29) is 31.1 Å². The molecule has 0 unspecified atom stereocenters. The molecule has 216 valence electrons. The molecule has 10 nitrogen and oxygen atoms in total. The van der Waals surface area contributed by atoms with Crippen LogP contribution in [0.5, 0.6) is 0 Å². The number of hydrogen-bond acceptors (Lipinski definition) is 6. The van der Waals surface area contributed by atoms with E-state index in [1.165, 1.54) is 5.56 Å². The second-order valence-electron chi connectivity index (χ2n) is 10.2. The van der Waals surface area contributed by atoms with E-state index in [1.807, 2.05) is 60.8 Å². The lowest BCUT2D eigenvalue weighted by Crippen LogP contribution is -2.48. The number of fused-ring (bicyclic) bond motifs is 1. The fourth-order valence-electron chi connectivity index (χ4n) is 4.81. The maximum absolute atomic E-state index is 13.2. The molecule has 0 spiro atoms. The normalized spacial score (nSPS) is 13.8. The lowest BCUT2D eigenvalue weighted by molar-refractivity contribution is -0.197. The number of H-pyrrole nitrogens is 1. The first-order valence-corrected chi connectivity index (χ1v) is 14.1. The first-order chi connectivity index (χ1) is 19.9. The van der Waals surface area contributed by atoms with Gasteiger partial charge in [0.15, 0.2) is 0 Å². The van der Waals surface area contributed by atoms with E-state index in [1.54, 1.807) is 0 Å². The van der Waals surface area contributed by atoms with Gasteiger partial charge in [-0.1, -0.05) is 55.0 Å². The van der Waals surface area contributed by atoms with Crippen LogP contribution in [-0.4, -0.2) is 52.2 Å². The van der Waals surface area contributed by atoms with Crippen molar-refractivity contribution in [3.63, 3.8) is 0 Å². The zero-order valence-corrected chi connectivity index (χ0v) is 23.0.